The van der Waals surface area contributed by atoms with E-state index in [4.69, 9.17) is 0 Å². The molecule has 2 saturated carbocycles. The van der Waals surface area contributed by atoms with Gasteiger partial charge in [0.05, 0.1) is 17.6 Å². The molecule has 0 amide bonds. The topological polar surface area (TPSA) is 74.6 Å². The molecular formula is C35H47F9O4S. The summed E-state index contributed by atoms with van der Waals surface area (Å²) in [4.78, 5) is 0. The normalized spacial score (nSPS) is 27.9. The molecule has 0 bridgehead atoms. The molecule has 4 rings (SSSR count). The second-order valence-electron chi connectivity index (χ2n) is 14.7. The van der Waals surface area contributed by atoms with Gasteiger partial charge < -0.3 is 10.2 Å². The van der Waals surface area contributed by atoms with E-state index in [0.29, 0.717) is 36.5 Å². The number of unbranched alkanes of at least 4 members (excludes halogenated alkanes) is 6. The molecule has 14 heteroatoms. The molecule has 280 valence electrons. The van der Waals surface area contributed by atoms with E-state index >= 15 is 0 Å². The maximum Gasteiger partial charge on any atom is 0.460 e. The summed E-state index contributed by atoms with van der Waals surface area (Å²) < 4.78 is 141. The fraction of sp³-hybridized carbons (Fsp3) is 0.771. The van der Waals surface area contributed by atoms with Gasteiger partial charge in [-0.05, 0) is 103 Å². The zero-order chi connectivity index (χ0) is 36.6. The number of hydrogen-bond donors (Lipinski definition) is 2. The van der Waals surface area contributed by atoms with Crippen molar-refractivity contribution in [3.8, 4) is 5.75 Å². The lowest BCUT2D eigenvalue weighted by Gasteiger charge is -2.52. The van der Waals surface area contributed by atoms with Crippen molar-refractivity contribution in [3.05, 3.63) is 41.5 Å². The highest BCUT2D eigenvalue weighted by molar-refractivity contribution is 7.91. The summed E-state index contributed by atoms with van der Waals surface area (Å²) in [5.74, 6) is -19.2. The minimum absolute atomic E-state index is 0.0884. The lowest BCUT2D eigenvalue weighted by Crippen LogP contribution is -2.60. The van der Waals surface area contributed by atoms with Crippen LogP contribution in [0.3, 0.4) is 0 Å². The zero-order valence-electron chi connectivity index (χ0n) is 27.7. The molecule has 0 radical (unpaired) electrons. The van der Waals surface area contributed by atoms with Gasteiger partial charge in [0.15, 0.2) is 0 Å². The third kappa shape index (κ3) is 8.09. The molecular weight excluding hydrogens is 687 g/mol. The van der Waals surface area contributed by atoms with Crippen molar-refractivity contribution in [1.29, 1.82) is 0 Å². The number of rotatable bonds is 16. The van der Waals surface area contributed by atoms with Gasteiger partial charge in [0.25, 0.3) is 0 Å². The Bertz CT molecular complexity index is 1430. The number of alkyl halides is 9. The molecule has 3 aliphatic rings. The number of sulfone groups is 1. The number of aliphatic hydroxyl groups is 1. The first-order valence-electron chi connectivity index (χ1n) is 17.2. The Kier molecular flexibility index (Phi) is 11.8. The van der Waals surface area contributed by atoms with Crippen LogP contribution in [-0.2, 0) is 16.3 Å². The van der Waals surface area contributed by atoms with Crippen LogP contribution in [0.25, 0.3) is 0 Å². The fourth-order valence-electron chi connectivity index (χ4n) is 8.77. The minimum atomic E-state index is -6.98. The quantitative estimate of drug-likeness (QED) is 0.101. The van der Waals surface area contributed by atoms with Gasteiger partial charge in [-0.25, -0.2) is 8.42 Å². The molecule has 0 spiro atoms. The lowest BCUT2D eigenvalue weighted by atomic mass is 9.52. The van der Waals surface area contributed by atoms with Crippen LogP contribution < -0.4 is 0 Å². The molecule has 49 heavy (non-hydrogen) atoms. The Labute approximate surface area is 282 Å². The monoisotopic (exact) mass is 734 g/mol. The molecule has 2 fully saturated rings. The summed E-state index contributed by atoms with van der Waals surface area (Å²) in [5, 5.41) is 20.9. The number of hydrogen-bond acceptors (Lipinski definition) is 4. The summed E-state index contributed by atoms with van der Waals surface area (Å²) in [6, 6.07) is 5.69. The van der Waals surface area contributed by atoms with Crippen molar-refractivity contribution in [2.24, 2.45) is 23.2 Å². The van der Waals surface area contributed by atoms with Crippen molar-refractivity contribution >= 4 is 9.84 Å². The summed E-state index contributed by atoms with van der Waals surface area (Å²) >= 11 is 0. The standard InChI is InChI=1S/C35H47F9O4S/c1-22-29(46)21-28-30-23(19-24-20-25(45)12-13-26(24)27(30)14-16-31(22,28)2)11-8-6-4-3-5-7-9-17-49(47,48)18-10-15-32(36,37)33(38,39)34(40,41)35(42,43)44/h12-13,20,23,27-30,45-46H,1,3-11,14-19,21H2,2H3/t23?,27?,28?,29-,30?,31-/m1/s1. The number of phenols is 1. The second kappa shape index (κ2) is 14.6. The highest BCUT2D eigenvalue weighted by Gasteiger charge is 2.81. The number of aromatic hydroxyl groups is 1. The largest absolute Gasteiger partial charge is 0.508 e. The third-order valence-corrected chi connectivity index (χ3v) is 13.4. The first kappa shape index (κ1) is 39.8. The van der Waals surface area contributed by atoms with Crippen LogP contribution in [0.15, 0.2) is 30.4 Å². The molecule has 0 aliphatic heterocycles. The van der Waals surface area contributed by atoms with Gasteiger partial charge in [-0.1, -0.05) is 58.1 Å². The number of fused-ring (bicyclic) bond motifs is 5. The van der Waals surface area contributed by atoms with Crippen LogP contribution in [0.1, 0.15) is 107 Å². The zero-order valence-corrected chi connectivity index (χ0v) is 28.5. The fourth-order valence-corrected chi connectivity index (χ4v) is 10.2. The molecule has 2 N–H and O–H groups in total. The molecule has 0 saturated heterocycles. The Hall–Kier alpha value is -1.96. The van der Waals surface area contributed by atoms with Crippen LogP contribution in [0, 0.1) is 23.2 Å². The maximum atomic E-state index is 13.7. The Morgan fingerprint density at radius 3 is 2.10 bits per heavy atom. The molecule has 3 aliphatic carbocycles. The van der Waals surface area contributed by atoms with E-state index in [1.54, 1.807) is 6.07 Å². The van der Waals surface area contributed by atoms with E-state index in [-0.39, 0.29) is 17.6 Å². The predicted octanol–water partition coefficient (Wildman–Crippen LogP) is 9.79. The molecule has 0 aromatic heterocycles. The highest BCUT2D eigenvalue weighted by Crippen LogP contribution is 2.64. The number of benzene rings is 1. The van der Waals surface area contributed by atoms with Gasteiger partial charge in [0.1, 0.15) is 15.6 Å². The number of phenolic OH excluding ortho intramolecular Hbond substituents is 1. The average molecular weight is 735 g/mol. The first-order chi connectivity index (χ1) is 22.6. The van der Waals surface area contributed by atoms with Crippen LogP contribution >= 0.6 is 0 Å². The lowest BCUT2D eigenvalue weighted by molar-refractivity contribution is -0.396. The second-order valence-corrected chi connectivity index (χ2v) is 17.0. The minimum Gasteiger partial charge on any atom is -0.508 e. The molecule has 1 aromatic rings. The summed E-state index contributed by atoms with van der Waals surface area (Å²) in [5.41, 5.74) is 3.35. The van der Waals surface area contributed by atoms with Crippen molar-refractivity contribution in [1.82, 2.24) is 0 Å². The molecule has 4 unspecified atom stereocenters. The Balaban J connectivity index is 1.18. The van der Waals surface area contributed by atoms with E-state index in [9.17, 15) is 58.1 Å². The molecule has 6 atom stereocenters. The Morgan fingerprint density at radius 1 is 0.878 bits per heavy atom. The molecule has 1 aromatic carbocycles. The van der Waals surface area contributed by atoms with Crippen molar-refractivity contribution in [2.45, 2.75) is 133 Å². The summed E-state index contributed by atoms with van der Waals surface area (Å²) in [7, 11) is -4.00. The average Bonchev–Trinajstić information content (AvgIpc) is 3.22. The highest BCUT2D eigenvalue weighted by atomic mass is 32.2. The van der Waals surface area contributed by atoms with Gasteiger partial charge in [-0.15, -0.1) is 0 Å². The van der Waals surface area contributed by atoms with Gasteiger partial charge in [-0.2, -0.15) is 39.5 Å². The van der Waals surface area contributed by atoms with Crippen molar-refractivity contribution in [2.75, 3.05) is 11.5 Å². The smallest absolute Gasteiger partial charge is 0.460 e. The molecule has 4 nitrogen and oxygen atoms in total. The van der Waals surface area contributed by atoms with Gasteiger partial charge in [0, 0.05) is 6.42 Å². The SMILES string of the molecule is C=C1[C@H](O)CC2C3C(CCCCCCCCCS(=O)(=O)CCCC(F)(F)C(F)(F)C(F)(F)C(F)(F)F)Cc4cc(O)ccc4C3CC[C@]12C. The maximum absolute atomic E-state index is 13.7. The van der Waals surface area contributed by atoms with Crippen molar-refractivity contribution in [3.63, 3.8) is 0 Å². The van der Waals surface area contributed by atoms with Gasteiger partial charge >= 0.3 is 23.9 Å². The van der Waals surface area contributed by atoms with E-state index in [1.807, 2.05) is 6.07 Å². The predicted molar refractivity (Wildman–Crippen MR) is 168 cm³/mol. The first-order valence-corrected chi connectivity index (χ1v) is 19.0. The van der Waals surface area contributed by atoms with E-state index < -0.39 is 64.2 Å². The van der Waals surface area contributed by atoms with Crippen LogP contribution in [0.5, 0.6) is 5.75 Å². The van der Waals surface area contributed by atoms with E-state index in [1.165, 1.54) is 11.1 Å². The summed E-state index contributed by atoms with van der Waals surface area (Å²) in [6.45, 7) is 6.50. The van der Waals surface area contributed by atoms with Crippen molar-refractivity contribution < 1.29 is 58.1 Å². The van der Waals surface area contributed by atoms with Gasteiger partial charge in [-0.3, -0.25) is 0 Å². The van der Waals surface area contributed by atoms with Crippen LogP contribution in [0.4, 0.5) is 39.5 Å². The Morgan fingerprint density at radius 2 is 1.47 bits per heavy atom. The van der Waals surface area contributed by atoms with E-state index in [0.717, 1.165) is 63.4 Å². The van der Waals surface area contributed by atoms with E-state index in [2.05, 4.69) is 19.6 Å². The summed E-state index contributed by atoms with van der Waals surface area (Å²) in [6.07, 6.45) is -1.07. The number of aliphatic hydroxyl groups excluding tert-OH is 1. The van der Waals surface area contributed by atoms with Gasteiger partial charge in [0.2, 0.25) is 0 Å². The third-order valence-electron chi connectivity index (χ3n) is 11.6. The molecule has 0 heterocycles. The van der Waals surface area contributed by atoms with Crippen LogP contribution in [0.2, 0.25) is 0 Å². The number of halogens is 9. The van der Waals surface area contributed by atoms with Crippen LogP contribution in [-0.4, -0.2) is 60.2 Å².